The largest absolute Gasteiger partial charge is 0.507 e. The zero-order chi connectivity index (χ0) is 57.6. The number of piperidine rings is 2. The van der Waals surface area contributed by atoms with Crippen LogP contribution in [0.4, 0.5) is 31.8 Å². The molecule has 5 N–H and O–H groups in total. The Kier molecular flexibility index (Phi) is 16.3. The average molecular weight is 1160 g/mol. The van der Waals surface area contributed by atoms with Gasteiger partial charge >= 0.3 is 0 Å². The summed E-state index contributed by atoms with van der Waals surface area (Å²) in [5.41, 5.74) is 11.8. The number of piperazine rings is 1. The molecule has 9 heterocycles. The number of ether oxygens (including phenoxy) is 2. The number of phenols is 1. The molecule has 5 aliphatic heterocycles. The van der Waals surface area contributed by atoms with Crippen molar-refractivity contribution in [2.45, 2.75) is 140 Å². The summed E-state index contributed by atoms with van der Waals surface area (Å²) in [6.07, 6.45) is 9.25. The number of nitrogens with zero attached hydrogens (tertiary/aromatic N) is 10. The van der Waals surface area contributed by atoms with Crippen molar-refractivity contribution in [2.75, 3.05) is 72.8 Å². The molecule has 6 aromatic rings. The van der Waals surface area contributed by atoms with Crippen LogP contribution in [0.25, 0.3) is 21.7 Å². The number of phenolic OH excluding ortho intramolecular Hbond substituents is 1. The number of hydrogen-bond donors (Lipinski definition) is 4. The highest BCUT2D eigenvalue weighted by molar-refractivity contribution is 7.13. The number of carbonyl (C=O) groups is 2. The molecule has 83 heavy (non-hydrogen) atoms. The molecular weight excluding hydrogens is 1080 g/mol. The van der Waals surface area contributed by atoms with E-state index < -0.39 is 41.6 Å². The molecule has 2 bridgehead atoms. The molecule has 6 atom stereocenters. The van der Waals surface area contributed by atoms with Crippen LogP contribution in [0, 0.1) is 30.4 Å². The molecule has 6 aliphatic rings. The second kappa shape index (κ2) is 23.9. The highest BCUT2D eigenvalue weighted by Gasteiger charge is 2.45. The maximum absolute atomic E-state index is 15.5. The van der Waals surface area contributed by atoms with E-state index in [1.807, 2.05) is 44.3 Å². The van der Waals surface area contributed by atoms with Crippen LogP contribution in [0.1, 0.15) is 108 Å². The number of hydrogen-bond acceptors (Lipinski definition) is 18. The zero-order valence-electron chi connectivity index (χ0n) is 47.4. The second-order valence-corrected chi connectivity index (χ2v) is 24.9. The van der Waals surface area contributed by atoms with E-state index in [-0.39, 0.29) is 72.1 Å². The van der Waals surface area contributed by atoms with Gasteiger partial charge in [0.15, 0.2) is 17.4 Å². The van der Waals surface area contributed by atoms with Gasteiger partial charge < -0.3 is 59.8 Å². The number of para-hydroxylation sites is 1. The minimum Gasteiger partial charge on any atom is -0.507 e. The van der Waals surface area contributed by atoms with Crippen molar-refractivity contribution in [3.05, 3.63) is 101 Å². The fourth-order valence-corrected chi connectivity index (χ4v) is 14.4. The van der Waals surface area contributed by atoms with E-state index in [4.69, 9.17) is 19.7 Å². The van der Waals surface area contributed by atoms with Crippen molar-refractivity contribution in [1.82, 2.24) is 40.4 Å². The van der Waals surface area contributed by atoms with Crippen LogP contribution in [0.15, 0.2) is 76.9 Å². The Bertz CT molecular complexity index is 3280. The lowest BCUT2D eigenvalue weighted by Gasteiger charge is -2.43. The lowest BCUT2D eigenvalue weighted by molar-refractivity contribution is -0.141. The molecule has 19 nitrogen and oxygen atoms in total. The van der Waals surface area contributed by atoms with E-state index in [0.29, 0.717) is 51.0 Å². The summed E-state index contributed by atoms with van der Waals surface area (Å²) in [6, 6.07) is 15.9. The number of aryl methyl sites for hydroxylation is 1. The summed E-state index contributed by atoms with van der Waals surface area (Å²) in [5, 5.41) is 37.0. The number of aromatic nitrogens is 5. The number of β-amino-alcohol motifs (C(OH)–C–C–N with tert-alkyl or cyclic N) is 1. The van der Waals surface area contributed by atoms with Crippen LogP contribution in [-0.2, 0) is 14.3 Å². The molecule has 440 valence electrons. The number of pyridine rings is 1. The predicted octanol–water partition coefficient (Wildman–Crippen LogP) is 8.27. The zero-order valence-corrected chi connectivity index (χ0v) is 48.3. The third-order valence-corrected chi connectivity index (χ3v) is 19.0. The highest BCUT2D eigenvalue weighted by atomic mass is 32.1. The van der Waals surface area contributed by atoms with Crippen molar-refractivity contribution in [3.63, 3.8) is 0 Å². The Morgan fingerprint density at radius 2 is 1.60 bits per heavy atom. The number of aliphatic hydroxyl groups is 1. The van der Waals surface area contributed by atoms with Crippen molar-refractivity contribution < 1.29 is 42.6 Å². The monoisotopic (exact) mass is 1160 g/mol. The Morgan fingerprint density at radius 3 is 2.33 bits per heavy atom. The summed E-state index contributed by atoms with van der Waals surface area (Å²) in [6.45, 7) is 13.3. The van der Waals surface area contributed by atoms with E-state index in [1.165, 1.54) is 16.2 Å². The number of amides is 2. The molecule has 6 fully saturated rings. The third kappa shape index (κ3) is 11.9. The minimum atomic E-state index is -1.02. The van der Waals surface area contributed by atoms with Gasteiger partial charge in [-0.2, -0.15) is 0 Å². The first-order valence-corrected chi connectivity index (χ1v) is 30.3. The van der Waals surface area contributed by atoms with E-state index in [1.54, 1.807) is 31.5 Å². The molecule has 4 aromatic heterocycles. The van der Waals surface area contributed by atoms with Gasteiger partial charge in [0.2, 0.25) is 17.7 Å². The van der Waals surface area contributed by atoms with E-state index in [9.17, 15) is 19.8 Å². The van der Waals surface area contributed by atoms with Gasteiger partial charge in [0, 0.05) is 124 Å². The summed E-state index contributed by atoms with van der Waals surface area (Å²) in [5.74, 6) is -0.446. The molecule has 1 aliphatic carbocycles. The molecule has 2 amide bonds. The van der Waals surface area contributed by atoms with Crippen LogP contribution in [0.5, 0.6) is 11.6 Å². The maximum atomic E-state index is 15.5. The first-order chi connectivity index (χ1) is 40.1. The first-order valence-electron chi connectivity index (χ1n) is 29.5. The van der Waals surface area contributed by atoms with Gasteiger partial charge in [0.05, 0.1) is 51.8 Å². The van der Waals surface area contributed by atoms with Crippen LogP contribution in [-0.4, -0.2) is 152 Å². The van der Waals surface area contributed by atoms with E-state index >= 15 is 8.78 Å². The summed E-state index contributed by atoms with van der Waals surface area (Å²) in [7, 11) is 0. The molecule has 5 saturated heterocycles. The van der Waals surface area contributed by atoms with Gasteiger partial charge in [-0.25, -0.2) is 18.7 Å². The minimum absolute atomic E-state index is 0.00403. The SMILES string of the molecule is Cc1ncsc1-c1cc(F)c([C@H](C)NC(=O)[C@@H]2C[C@@H](O)CN2C(=O)[C@H](c2cc(N3CCC(CN4CCC(OC5CC(Oc6cc(N7C8CC[C@@H]7CN(c7cc(-c9ccccc9O)nnc7N)C8)ccn6)C5)CC4)CC3)no2)C(C)C)cc1F. The number of rotatable bonds is 17. The number of aliphatic hydroxyl groups excluding tert-OH is 1. The number of nitrogens with two attached hydrogens (primary N) is 1. The molecule has 1 unspecified atom stereocenters. The number of fused-ring (bicyclic) bond motifs is 2. The van der Waals surface area contributed by atoms with Gasteiger partial charge in [0.1, 0.15) is 35.4 Å². The quantitative estimate of drug-likeness (QED) is 0.0674. The van der Waals surface area contributed by atoms with Crippen molar-refractivity contribution >= 4 is 46.2 Å². The van der Waals surface area contributed by atoms with Gasteiger partial charge in [-0.3, -0.25) is 9.59 Å². The Hall–Kier alpha value is -7.01. The van der Waals surface area contributed by atoms with Crippen molar-refractivity contribution in [1.29, 1.82) is 0 Å². The lowest BCUT2D eigenvalue weighted by atomic mass is 9.91. The van der Waals surface area contributed by atoms with Gasteiger partial charge in [-0.05, 0) is 101 Å². The molecular formula is C61H74F2N12O7S. The second-order valence-electron chi connectivity index (χ2n) is 24.0. The van der Waals surface area contributed by atoms with Gasteiger partial charge in [-0.15, -0.1) is 21.5 Å². The van der Waals surface area contributed by atoms with Crippen molar-refractivity contribution in [2.24, 2.45) is 11.8 Å². The van der Waals surface area contributed by atoms with Crippen LogP contribution < -0.4 is 30.5 Å². The molecule has 2 aromatic carbocycles. The van der Waals surface area contributed by atoms with E-state index in [2.05, 4.69) is 62.4 Å². The number of carbonyl (C=O) groups excluding carboxylic acids is 2. The fraction of sp³-hybridized carbons (Fsp3) is 0.525. The van der Waals surface area contributed by atoms with Crippen LogP contribution in [0.2, 0.25) is 0 Å². The standard InChI is InChI=1S/C61H74F2N12O7S/c1-34(2)57(61(79)74-32-41(76)22-52(74)60(78)67-35(3)46-25-49(63)47(26-48(46)62)58-36(4)66-33-83-58)54-28-55(70-82-54)72-19-12-37(13-20-72)29-71-17-14-42(15-18-71)80-43-23-44(24-43)81-56-21-38(11-16-65-56)75-39-9-10-40(75)31-73(30-39)51-27-50(68-69-59(51)64)45-7-5-6-8-53(45)77/h5-8,11,16,21,25-28,33-35,37,39-44,52,57,76-77H,9-10,12-15,17-20,22-24,29-32H2,1-4H3,(H2,64,69)(H,67,78)/t35-,39+,40?,41+,43?,44?,52-,57-/m0/s1. The van der Waals surface area contributed by atoms with Crippen LogP contribution in [0.3, 0.4) is 0 Å². The van der Waals surface area contributed by atoms with E-state index in [0.717, 1.165) is 121 Å². The lowest BCUT2D eigenvalue weighted by Crippen LogP contribution is -2.54. The highest BCUT2D eigenvalue weighted by Crippen LogP contribution is 2.42. The number of benzene rings is 2. The molecule has 22 heteroatoms. The van der Waals surface area contributed by atoms with Gasteiger partial charge in [0.25, 0.3) is 0 Å². The molecule has 12 rings (SSSR count). The number of aromatic hydroxyl groups is 1. The Labute approximate surface area is 486 Å². The predicted molar refractivity (Wildman–Crippen MR) is 311 cm³/mol. The summed E-state index contributed by atoms with van der Waals surface area (Å²) >= 11 is 1.22. The number of nitrogen functional groups attached to an aromatic ring is 1. The summed E-state index contributed by atoms with van der Waals surface area (Å²) < 4.78 is 49.8. The molecule has 1 saturated carbocycles. The number of nitrogens with one attached hydrogen (secondary N) is 1. The summed E-state index contributed by atoms with van der Waals surface area (Å²) in [4.78, 5) is 48.5. The first kappa shape index (κ1) is 56.5. The van der Waals surface area contributed by atoms with Gasteiger partial charge in [-0.1, -0.05) is 31.1 Å². The fourth-order valence-electron chi connectivity index (χ4n) is 13.5. The topological polar surface area (TPSA) is 225 Å². The smallest absolute Gasteiger partial charge is 0.243 e. The number of halogens is 2. The number of anilines is 4. The maximum Gasteiger partial charge on any atom is 0.243 e. The number of thiazole rings is 1. The normalized spacial score (nSPS) is 24.1. The third-order valence-electron chi connectivity index (χ3n) is 18.1. The molecule has 0 spiro atoms. The molecule has 0 radical (unpaired) electrons. The Balaban J connectivity index is 0.569. The average Bonchev–Trinajstić information content (AvgIpc) is 4.36. The van der Waals surface area contributed by atoms with Crippen LogP contribution >= 0.6 is 11.3 Å². The number of likely N-dealkylation sites (tertiary alicyclic amines) is 2. The Morgan fingerprint density at radius 1 is 0.843 bits per heavy atom. The van der Waals surface area contributed by atoms with Crippen molar-refractivity contribution in [3.8, 4) is 33.3 Å².